The molecule has 0 fully saturated rings. The average Bonchev–Trinajstić information content (AvgIpc) is 3.10. The van der Waals surface area contributed by atoms with Crippen LogP contribution in [0.5, 0.6) is 0 Å². The molecule has 3 N–H and O–H groups in total. The first-order valence-electron chi connectivity index (χ1n) is 9.91. The van der Waals surface area contributed by atoms with E-state index in [0.29, 0.717) is 6.42 Å². The lowest BCUT2D eigenvalue weighted by atomic mass is 10.0. The topological polar surface area (TPSA) is 149 Å². The van der Waals surface area contributed by atoms with Crippen LogP contribution in [0.3, 0.4) is 0 Å². The maximum Gasteiger partial charge on any atom is 0.412 e. The molecule has 198 valence electrons. The number of alkyl halides is 6. The normalized spacial score (nSPS) is 15.6. The van der Waals surface area contributed by atoms with Crippen molar-refractivity contribution < 1.29 is 55.0 Å². The van der Waals surface area contributed by atoms with Crippen molar-refractivity contribution in [2.24, 2.45) is 0 Å². The molecule has 2 atom stereocenters. The predicted octanol–water partition coefficient (Wildman–Crippen LogP) is 3.62. The summed E-state index contributed by atoms with van der Waals surface area (Å²) in [5.74, 6) is -0.0359. The number of rotatable bonds is 10. The fourth-order valence-corrected chi connectivity index (χ4v) is 3.92. The lowest BCUT2D eigenvalue weighted by Crippen LogP contribution is -2.52. The van der Waals surface area contributed by atoms with Crippen LogP contribution in [-0.4, -0.2) is 72.2 Å². The van der Waals surface area contributed by atoms with Gasteiger partial charge < -0.3 is 23.8 Å². The highest BCUT2D eigenvalue weighted by molar-refractivity contribution is 7.53. The number of nitrogens with one attached hydrogen (secondary N) is 1. The van der Waals surface area contributed by atoms with Crippen molar-refractivity contribution >= 4 is 30.7 Å². The van der Waals surface area contributed by atoms with Crippen LogP contribution in [0.4, 0.5) is 37.0 Å². The van der Waals surface area contributed by atoms with Gasteiger partial charge >= 0.3 is 26.0 Å². The fourth-order valence-electron chi connectivity index (χ4n) is 2.96. The highest BCUT2D eigenvalue weighted by Crippen LogP contribution is 2.62. The minimum Gasteiger partial charge on any atom is -0.449 e. The summed E-state index contributed by atoms with van der Waals surface area (Å²) < 4.78 is 102. The van der Waals surface area contributed by atoms with Gasteiger partial charge in [-0.25, -0.2) is 19.7 Å². The number of hydrogen-bond acceptors (Lipinski definition) is 7. The van der Waals surface area contributed by atoms with E-state index >= 15 is 0 Å². The van der Waals surface area contributed by atoms with Gasteiger partial charge in [0.2, 0.25) is 0 Å². The van der Waals surface area contributed by atoms with E-state index in [9.17, 15) is 45.5 Å². The third kappa shape index (κ3) is 7.02. The maximum atomic E-state index is 13.5. The van der Waals surface area contributed by atoms with Gasteiger partial charge in [-0.2, -0.15) is 26.3 Å². The quantitative estimate of drug-likeness (QED) is 0.305. The van der Waals surface area contributed by atoms with Crippen molar-refractivity contribution in [3.8, 4) is 0 Å². The van der Waals surface area contributed by atoms with Crippen LogP contribution in [0.15, 0.2) is 12.7 Å². The fraction of sp³-hybridized carbons (Fsp3) is 0.647. The summed E-state index contributed by atoms with van der Waals surface area (Å²) in [7, 11) is -6.38. The zero-order valence-corrected chi connectivity index (χ0v) is 19.2. The second kappa shape index (κ2) is 10.6. The molecule has 1 unspecified atom stereocenters. The highest BCUT2D eigenvalue weighted by atomic mass is 31.2. The van der Waals surface area contributed by atoms with Gasteiger partial charge in [-0.15, -0.1) is 0 Å². The zero-order valence-electron chi connectivity index (χ0n) is 18.3. The minimum absolute atomic E-state index is 0.0359. The Hall–Kier alpha value is -2.49. The Morgan fingerprint density at radius 1 is 1.20 bits per heavy atom. The summed E-state index contributed by atoms with van der Waals surface area (Å²) in [4.78, 5) is 42.0. The number of carbonyl (C=O) groups is 1. The first kappa shape index (κ1) is 28.7. The summed E-state index contributed by atoms with van der Waals surface area (Å²) in [6.45, 7) is 0.852. The molecule has 0 radical (unpaired) electrons. The predicted molar refractivity (Wildman–Crippen MR) is 108 cm³/mol. The number of halogens is 6. The number of hydrogen-bond donors (Lipinski definition) is 3. The molecule has 2 aromatic rings. The lowest BCUT2D eigenvalue weighted by Gasteiger charge is -2.36. The molecule has 0 spiro atoms. The molecular formula is C17H22F6N5O6P. The van der Waals surface area contributed by atoms with E-state index in [4.69, 9.17) is 9.47 Å². The molecule has 11 nitrogen and oxygen atoms in total. The Labute approximate surface area is 194 Å². The van der Waals surface area contributed by atoms with Gasteiger partial charge in [-0.3, -0.25) is 9.88 Å². The molecule has 0 saturated carbocycles. The number of carbonyl (C=O) groups excluding carboxylic acids is 1. The molecule has 2 heterocycles. The first-order valence-corrected chi connectivity index (χ1v) is 11.5. The van der Waals surface area contributed by atoms with Gasteiger partial charge in [0, 0.05) is 0 Å². The zero-order chi connectivity index (χ0) is 26.7. The van der Waals surface area contributed by atoms with Crippen molar-refractivity contribution in [3.05, 3.63) is 12.7 Å². The first-order chi connectivity index (χ1) is 16.0. The van der Waals surface area contributed by atoms with Gasteiger partial charge in [0.15, 0.2) is 22.1 Å². The molecule has 0 aliphatic heterocycles. The standard InChI is InChI=1S/C17H22F6N5O6P/c1-3-4-33-14(29)27-12-11-13(25-8-24-12)28(9-26-11)5-10(2)34-7-15(17(21,22)23,35(30,31)32)6-16(18,19)20/h8-10H,3-7H2,1-2H3,(H2,30,31,32)(H,24,25,27,29)/t10?,15-/m1/s1. The Kier molecular flexibility index (Phi) is 8.74. The second-order valence-electron chi connectivity index (χ2n) is 7.54. The molecule has 0 aliphatic rings. The molecule has 0 aromatic carbocycles. The van der Waals surface area contributed by atoms with Gasteiger partial charge in [0.1, 0.15) is 6.33 Å². The molecule has 2 rings (SSSR count). The van der Waals surface area contributed by atoms with Gasteiger partial charge in [-0.05, 0) is 13.3 Å². The van der Waals surface area contributed by atoms with E-state index in [0.717, 1.165) is 12.7 Å². The number of aromatic nitrogens is 4. The Balaban J connectivity index is 2.22. The molecule has 2 aromatic heterocycles. The van der Waals surface area contributed by atoms with Crippen molar-refractivity contribution in [3.63, 3.8) is 0 Å². The number of amides is 1. The largest absolute Gasteiger partial charge is 0.449 e. The van der Waals surface area contributed by atoms with E-state index in [-0.39, 0.29) is 30.1 Å². The van der Waals surface area contributed by atoms with Crippen LogP contribution < -0.4 is 5.32 Å². The monoisotopic (exact) mass is 537 g/mol. The number of nitrogens with zero attached hydrogens (tertiary/aromatic N) is 4. The number of fused-ring (bicyclic) bond motifs is 1. The van der Waals surface area contributed by atoms with E-state index < -0.39 is 50.3 Å². The van der Waals surface area contributed by atoms with Gasteiger partial charge in [-0.1, -0.05) is 6.92 Å². The van der Waals surface area contributed by atoms with E-state index in [2.05, 4.69) is 20.3 Å². The Morgan fingerprint density at radius 2 is 1.86 bits per heavy atom. The smallest absolute Gasteiger partial charge is 0.412 e. The number of anilines is 1. The Morgan fingerprint density at radius 3 is 2.40 bits per heavy atom. The van der Waals surface area contributed by atoms with Crippen LogP contribution >= 0.6 is 7.60 Å². The average molecular weight is 537 g/mol. The molecule has 1 amide bonds. The van der Waals surface area contributed by atoms with Crippen LogP contribution in [0.25, 0.3) is 11.2 Å². The van der Waals surface area contributed by atoms with Gasteiger partial charge in [0.05, 0.1) is 38.6 Å². The van der Waals surface area contributed by atoms with Gasteiger partial charge in [0.25, 0.3) is 0 Å². The van der Waals surface area contributed by atoms with E-state index in [1.165, 1.54) is 11.5 Å². The molecule has 0 aliphatic carbocycles. The SMILES string of the molecule is CCCOC(=O)Nc1ncnc2c1ncn2CC(C)OC[C@](CC(F)(F)F)(C(F)(F)F)P(=O)(O)O. The second-order valence-corrected chi connectivity index (χ2v) is 9.48. The van der Waals surface area contributed by atoms with Crippen LogP contribution in [-0.2, 0) is 20.6 Å². The van der Waals surface area contributed by atoms with Crippen molar-refractivity contribution in [1.82, 2.24) is 19.5 Å². The molecule has 0 bridgehead atoms. The molecular weight excluding hydrogens is 515 g/mol. The van der Waals surface area contributed by atoms with Crippen LogP contribution in [0, 0.1) is 0 Å². The Bertz CT molecular complexity index is 1070. The summed E-state index contributed by atoms with van der Waals surface area (Å²) in [5.41, 5.74) is 0.165. The van der Waals surface area contributed by atoms with Crippen molar-refractivity contribution in [2.75, 3.05) is 18.5 Å². The van der Waals surface area contributed by atoms with Crippen molar-refractivity contribution in [1.29, 1.82) is 0 Å². The summed E-state index contributed by atoms with van der Waals surface area (Å²) in [6, 6.07) is 0. The highest BCUT2D eigenvalue weighted by Gasteiger charge is 2.69. The minimum atomic E-state index is -6.38. The number of ether oxygens (including phenoxy) is 2. The van der Waals surface area contributed by atoms with Crippen molar-refractivity contribution in [2.45, 2.75) is 56.8 Å². The number of imidazole rings is 1. The summed E-state index contributed by atoms with van der Waals surface area (Å²) in [5, 5.41) is -2.14. The molecule has 35 heavy (non-hydrogen) atoms. The third-order valence-corrected chi connectivity index (χ3v) is 6.35. The molecule has 0 saturated heterocycles. The lowest BCUT2D eigenvalue weighted by molar-refractivity contribution is -0.223. The van der Waals surface area contributed by atoms with Crippen LogP contribution in [0.1, 0.15) is 26.7 Å². The maximum absolute atomic E-state index is 13.5. The van der Waals surface area contributed by atoms with E-state index in [1.807, 2.05) is 0 Å². The molecule has 18 heteroatoms. The summed E-state index contributed by atoms with van der Waals surface area (Å²) in [6.07, 6.45) is -13.6. The summed E-state index contributed by atoms with van der Waals surface area (Å²) >= 11 is 0. The van der Waals surface area contributed by atoms with E-state index in [1.54, 1.807) is 6.92 Å². The third-order valence-electron chi connectivity index (χ3n) is 4.70. The van der Waals surface area contributed by atoms with Crippen LogP contribution in [0.2, 0.25) is 0 Å².